The standard InChI is InChI=1S/C10H19BrN2O/c1-3-12(4-2)7-8-13-6-5-9(11)10(13)14/h9H,3-8H2,1-2H3. The van der Waals surface area contributed by atoms with Crippen molar-refractivity contribution in [2.75, 3.05) is 32.7 Å². The van der Waals surface area contributed by atoms with Crippen LogP contribution in [0.15, 0.2) is 0 Å². The van der Waals surface area contributed by atoms with Crippen molar-refractivity contribution in [1.82, 2.24) is 9.80 Å². The van der Waals surface area contributed by atoms with E-state index >= 15 is 0 Å². The second kappa shape index (κ2) is 5.71. The van der Waals surface area contributed by atoms with E-state index in [-0.39, 0.29) is 10.7 Å². The minimum Gasteiger partial charge on any atom is -0.340 e. The molecule has 1 heterocycles. The van der Waals surface area contributed by atoms with Gasteiger partial charge in [-0.05, 0) is 19.5 Å². The molecule has 14 heavy (non-hydrogen) atoms. The van der Waals surface area contributed by atoms with Crippen LogP contribution in [-0.4, -0.2) is 53.3 Å². The van der Waals surface area contributed by atoms with E-state index in [1.54, 1.807) is 0 Å². The van der Waals surface area contributed by atoms with Crippen molar-refractivity contribution >= 4 is 21.8 Å². The van der Waals surface area contributed by atoms with Crippen molar-refractivity contribution < 1.29 is 4.79 Å². The summed E-state index contributed by atoms with van der Waals surface area (Å²) in [6.45, 7) is 9.23. The molecule has 3 nitrogen and oxygen atoms in total. The van der Waals surface area contributed by atoms with E-state index in [1.807, 2.05) is 4.90 Å². The predicted octanol–water partition coefficient (Wildman–Crippen LogP) is 1.32. The smallest absolute Gasteiger partial charge is 0.236 e. The van der Waals surface area contributed by atoms with Crippen LogP contribution < -0.4 is 0 Å². The Balaban J connectivity index is 2.28. The van der Waals surface area contributed by atoms with Crippen LogP contribution >= 0.6 is 15.9 Å². The van der Waals surface area contributed by atoms with Gasteiger partial charge in [-0.2, -0.15) is 0 Å². The molecule has 0 spiro atoms. The molecular weight excluding hydrogens is 244 g/mol. The molecule has 0 aromatic rings. The first kappa shape index (κ1) is 12.0. The molecule has 0 aliphatic carbocycles. The quantitative estimate of drug-likeness (QED) is 0.698. The molecule has 0 radical (unpaired) electrons. The van der Waals surface area contributed by atoms with Crippen molar-refractivity contribution in [3.63, 3.8) is 0 Å². The molecule has 0 N–H and O–H groups in total. The Hall–Kier alpha value is -0.0900. The second-order valence-electron chi connectivity index (χ2n) is 3.61. The summed E-state index contributed by atoms with van der Waals surface area (Å²) in [7, 11) is 0. The molecule has 0 saturated carbocycles. The summed E-state index contributed by atoms with van der Waals surface area (Å²) in [6, 6.07) is 0. The topological polar surface area (TPSA) is 23.6 Å². The zero-order valence-corrected chi connectivity index (χ0v) is 10.6. The normalized spacial score (nSPS) is 22.4. The molecular formula is C10H19BrN2O. The minimum absolute atomic E-state index is 0.0687. The van der Waals surface area contributed by atoms with Gasteiger partial charge in [-0.1, -0.05) is 29.8 Å². The number of likely N-dealkylation sites (N-methyl/N-ethyl adjacent to an activating group) is 1. The highest BCUT2D eigenvalue weighted by Crippen LogP contribution is 2.17. The molecule has 1 amide bonds. The highest BCUT2D eigenvalue weighted by Gasteiger charge is 2.28. The zero-order valence-electron chi connectivity index (χ0n) is 9.00. The maximum absolute atomic E-state index is 11.6. The molecule has 4 heteroatoms. The number of nitrogens with zero attached hydrogens (tertiary/aromatic N) is 2. The van der Waals surface area contributed by atoms with E-state index in [0.717, 1.165) is 39.1 Å². The van der Waals surface area contributed by atoms with Crippen LogP contribution in [0, 0.1) is 0 Å². The van der Waals surface area contributed by atoms with Crippen LogP contribution in [0.2, 0.25) is 0 Å². The maximum atomic E-state index is 11.6. The van der Waals surface area contributed by atoms with Gasteiger partial charge in [-0.25, -0.2) is 0 Å². The lowest BCUT2D eigenvalue weighted by Crippen LogP contribution is -2.36. The molecule has 1 fully saturated rings. The Morgan fingerprint density at radius 2 is 2.14 bits per heavy atom. The number of rotatable bonds is 5. The van der Waals surface area contributed by atoms with Gasteiger partial charge in [0.25, 0.3) is 0 Å². The number of likely N-dealkylation sites (tertiary alicyclic amines) is 1. The van der Waals surface area contributed by atoms with E-state index in [2.05, 4.69) is 34.7 Å². The molecule has 1 aliphatic rings. The third kappa shape index (κ3) is 2.95. The summed E-state index contributed by atoms with van der Waals surface area (Å²) >= 11 is 3.38. The number of carbonyl (C=O) groups is 1. The summed E-state index contributed by atoms with van der Waals surface area (Å²) in [5, 5.41) is 0. The Morgan fingerprint density at radius 1 is 1.50 bits per heavy atom. The van der Waals surface area contributed by atoms with E-state index < -0.39 is 0 Å². The van der Waals surface area contributed by atoms with E-state index in [9.17, 15) is 4.79 Å². The molecule has 1 atom stereocenters. The summed E-state index contributed by atoms with van der Waals surface area (Å²) in [5.74, 6) is 0.261. The van der Waals surface area contributed by atoms with Gasteiger partial charge in [0.05, 0.1) is 4.83 Å². The van der Waals surface area contributed by atoms with E-state index in [1.165, 1.54) is 0 Å². The number of carbonyl (C=O) groups excluding carboxylic acids is 1. The Morgan fingerprint density at radius 3 is 2.57 bits per heavy atom. The lowest BCUT2D eigenvalue weighted by molar-refractivity contribution is -0.127. The molecule has 1 rings (SSSR count). The third-order valence-electron chi connectivity index (χ3n) is 2.81. The summed E-state index contributed by atoms with van der Waals surface area (Å²) in [4.78, 5) is 15.9. The Bertz CT molecular complexity index is 195. The van der Waals surface area contributed by atoms with Crippen molar-refractivity contribution in [1.29, 1.82) is 0 Å². The summed E-state index contributed by atoms with van der Waals surface area (Å²) in [6.07, 6.45) is 0.955. The molecule has 0 aromatic carbocycles. The number of hydrogen-bond donors (Lipinski definition) is 0. The summed E-state index contributed by atoms with van der Waals surface area (Å²) in [5.41, 5.74) is 0. The van der Waals surface area contributed by atoms with Crippen LogP contribution in [0.4, 0.5) is 0 Å². The number of amides is 1. The number of hydrogen-bond acceptors (Lipinski definition) is 2. The SMILES string of the molecule is CCN(CC)CCN1CCC(Br)C1=O. The first-order valence-electron chi connectivity index (χ1n) is 5.34. The molecule has 1 aliphatic heterocycles. The molecule has 1 saturated heterocycles. The molecule has 0 aromatic heterocycles. The molecule has 0 bridgehead atoms. The Kier molecular flexibility index (Phi) is 4.89. The lowest BCUT2D eigenvalue weighted by Gasteiger charge is -2.22. The fourth-order valence-electron chi connectivity index (χ4n) is 1.72. The Labute approximate surface area is 94.6 Å². The van der Waals surface area contributed by atoms with E-state index in [0.29, 0.717) is 0 Å². The highest BCUT2D eigenvalue weighted by atomic mass is 79.9. The minimum atomic E-state index is 0.0687. The fourth-order valence-corrected chi connectivity index (χ4v) is 2.22. The van der Waals surface area contributed by atoms with Crippen molar-refractivity contribution in [3.05, 3.63) is 0 Å². The van der Waals surface area contributed by atoms with Gasteiger partial charge in [-0.3, -0.25) is 4.79 Å². The van der Waals surface area contributed by atoms with Gasteiger partial charge >= 0.3 is 0 Å². The highest BCUT2D eigenvalue weighted by molar-refractivity contribution is 9.10. The van der Waals surface area contributed by atoms with Crippen LogP contribution in [0.3, 0.4) is 0 Å². The van der Waals surface area contributed by atoms with Crippen molar-refractivity contribution in [3.8, 4) is 0 Å². The lowest BCUT2D eigenvalue weighted by atomic mass is 10.4. The van der Waals surface area contributed by atoms with Gasteiger partial charge in [-0.15, -0.1) is 0 Å². The fraction of sp³-hybridized carbons (Fsp3) is 0.900. The number of alkyl halides is 1. The van der Waals surface area contributed by atoms with Crippen molar-refractivity contribution in [2.45, 2.75) is 25.1 Å². The average molecular weight is 263 g/mol. The second-order valence-corrected chi connectivity index (χ2v) is 4.71. The first-order valence-corrected chi connectivity index (χ1v) is 6.25. The summed E-state index contributed by atoms with van der Waals surface area (Å²) < 4.78 is 0. The third-order valence-corrected chi connectivity index (χ3v) is 3.66. The number of halogens is 1. The first-order chi connectivity index (χ1) is 6.69. The maximum Gasteiger partial charge on any atom is 0.236 e. The predicted molar refractivity (Wildman–Crippen MR) is 61.7 cm³/mol. The van der Waals surface area contributed by atoms with E-state index in [4.69, 9.17) is 0 Å². The van der Waals surface area contributed by atoms with Gasteiger partial charge in [0.2, 0.25) is 5.91 Å². The molecule has 1 unspecified atom stereocenters. The van der Waals surface area contributed by atoms with Gasteiger partial charge in [0, 0.05) is 19.6 Å². The van der Waals surface area contributed by atoms with Crippen LogP contribution in [0.1, 0.15) is 20.3 Å². The van der Waals surface area contributed by atoms with Crippen LogP contribution in [-0.2, 0) is 4.79 Å². The van der Waals surface area contributed by atoms with Crippen LogP contribution in [0.25, 0.3) is 0 Å². The van der Waals surface area contributed by atoms with Gasteiger partial charge in [0.1, 0.15) is 0 Å². The van der Waals surface area contributed by atoms with Crippen molar-refractivity contribution in [2.24, 2.45) is 0 Å². The van der Waals surface area contributed by atoms with Gasteiger partial charge in [0.15, 0.2) is 0 Å². The monoisotopic (exact) mass is 262 g/mol. The van der Waals surface area contributed by atoms with Crippen LogP contribution in [0.5, 0.6) is 0 Å². The zero-order chi connectivity index (χ0) is 10.6. The largest absolute Gasteiger partial charge is 0.340 e. The molecule has 82 valence electrons. The van der Waals surface area contributed by atoms with Gasteiger partial charge < -0.3 is 9.80 Å². The average Bonchev–Trinajstić information content (AvgIpc) is 2.51.